The Kier molecular flexibility index (Phi) is 4.44. The summed E-state index contributed by atoms with van der Waals surface area (Å²) in [5.41, 5.74) is 1.86. The van der Waals surface area contributed by atoms with Crippen LogP contribution in [0.4, 0.5) is 5.69 Å². The first-order valence-electron chi connectivity index (χ1n) is 8.04. The predicted molar refractivity (Wildman–Crippen MR) is 85.6 cm³/mol. The molecule has 0 unspecified atom stereocenters. The summed E-state index contributed by atoms with van der Waals surface area (Å²) in [6.45, 7) is 3.43. The summed E-state index contributed by atoms with van der Waals surface area (Å²) < 4.78 is 0. The molecule has 4 nitrogen and oxygen atoms in total. The van der Waals surface area contributed by atoms with Crippen molar-refractivity contribution in [1.29, 1.82) is 0 Å². The van der Waals surface area contributed by atoms with E-state index in [1.807, 2.05) is 24.3 Å². The minimum Gasteiger partial charge on any atom is -0.385 e. The molecule has 0 radical (unpaired) electrons. The number of likely N-dealkylation sites (tertiary alicyclic amines) is 1. The molecule has 2 aliphatic rings. The van der Waals surface area contributed by atoms with Crippen LogP contribution >= 0.6 is 0 Å². The molecular weight excluding hydrogens is 262 g/mol. The van der Waals surface area contributed by atoms with Crippen molar-refractivity contribution in [2.24, 2.45) is 5.92 Å². The number of piperidine rings is 1. The third kappa shape index (κ3) is 4.21. The summed E-state index contributed by atoms with van der Waals surface area (Å²) in [7, 11) is 2.19. The van der Waals surface area contributed by atoms with Gasteiger partial charge in [-0.2, -0.15) is 0 Å². The smallest absolute Gasteiger partial charge is 0.251 e. The van der Waals surface area contributed by atoms with Crippen LogP contribution in [0.3, 0.4) is 0 Å². The van der Waals surface area contributed by atoms with Crippen molar-refractivity contribution in [3.05, 3.63) is 29.8 Å². The van der Waals surface area contributed by atoms with Gasteiger partial charge in [-0.3, -0.25) is 4.79 Å². The number of anilines is 1. The summed E-state index contributed by atoms with van der Waals surface area (Å²) in [5, 5.41) is 6.51. The average Bonchev–Trinajstić information content (AvgIpc) is 3.31. The average molecular weight is 287 g/mol. The molecule has 2 fully saturated rings. The van der Waals surface area contributed by atoms with Gasteiger partial charge in [-0.05, 0) is 76.0 Å². The normalized spacial score (nSPS) is 20.2. The minimum atomic E-state index is 0.0550. The van der Waals surface area contributed by atoms with E-state index >= 15 is 0 Å². The Morgan fingerprint density at radius 1 is 1.14 bits per heavy atom. The summed E-state index contributed by atoms with van der Waals surface area (Å²) >= 11 is 0. The van der Waals surface area contributed by atoms with Gasteiger partial charge in [0.25, 0.3) is 5.91 Å². The van der Waals surface area contributed by atoms with E-state index in [9.17, 15) is 4.79 Å². The molecule has 1 saturated carbocycles. The molecule has 1 saturated heterocycles. The van der Waals surface area contributed by atoms with Crippen LogP contribution in [0.15, 0.2) is 24.3 Å². The molecule has 0 atom stereocenters. The third-order valence-electron chi connectivity index (χ3n) is 4.49. The van der Waals surface area contributed by atoms with E-state index in [-0.39, 0.29) is 5.91 Å². The van der Waals surface area contributed by atoms with Crippen LogP contribution in [0.1, 0.15) is 36.0 Å². The molecule has 1 amide bonds. The highest BCUT2D eigenvalue weighted by molar-refractivity contribution is 5.94. The van der Waals surface area contributed by atoms with Crippen molar-refractivity contribution in [3.63, 3.8) is 0 Å². The molecule has 0 aromatic heterocycles. The monoisotopic (exact) mass is 287 g/mol. The first-order chi connectivity index (χ1) is 10.2. The maximum Gasteiger partial charge on any atom is 0.251 e. The summed E-state index contributed by atoms with van der Waals surface area (Å²) in [6.07, 6.45) is 4.79. The zero-order valence-corrected chi connectivity index (χ0v) is 12.8. The molecule has 0 bridgehead atoms. The van der Waals surface area contributed by atoms with Gasteiger partial charge in [0.2, 0.25) is 0 Å². The Morgan fingerprint density at radius 3 is 2.43 bits per heavy atom. The van der Waals surface area contributed by atoms with Gasteiger partial charge in [0, 0.05) is 23.8 Å². The van der Waals surface area contributed by atoms with E-state index in [2.05, 4.69) is 22.6 Å². The Bertz CT molecular complexity index is 473. The van der Waals surface area contributed by atoms with Crippen molar-refractivity contribution in [1.82, 2.24) is 10.2 Å². The second-order valence-corrected chi connectivity index (χ2v) is 6.45. The van der Waals surface area contributed by atoms with Crippen molar-refractivity contribution in [3.8, 4) is 0 Å². The van der Waals surface area contributed by atoms with Gasteiger partial charge in [-0.1, -0.05) is 0 Å². The molecule has 0 spiro atoms. The minimum absolute atomic E-state index is 0.0550. The van der Waals surface area contributed by atoms with Gasteiger partial charge in [0.15, 0.2) is 0 Å². The number of hydrogen-bond acceptors (Lipinski definition) is 3. The lowest BCUT2D eigenvalue weighted by molar-refractivity contribution is 0.0951. The van der Waals surface area contributed by atoms with E-state index in [0.29, 0.717) is 6.04 Å². The van der Waals surface area contributed by atoms with Gasteiger partial charge in [0.05, 0.1) is 0 Å². The molecule has 1 aliphatic heterocycles. The fourth-order valence-electron chi connectivity index (χ4n) is 2.76. The lowest BCUT2D eigenvalue weighted by Gasteiger charge is -2.29. The van der Waals surface area contributed by atoms with Crippen LogP contribution in [0.2, 0.25) is 0 Å². The predicted octanol–water partition coefficient (Wildman–Crippen LogP) is 2.33. The highest BCUT2D eigenvalue weighted by Crippen LogP contribution is 2.20. The van der Waals surface area contributed by atoms with Gasteiger partial charge in [-0.15, -0.1) is 0 Å². The summed E-state index contributed by atoms with van der Waals surface area (Å²) in [5.74, 6) is 0.818. The molecule has 114 valence electrons. The van der Waals surface area contributed by atoms with Gasteiger partial charge >= 0.3 is 0 Å². The molecule has 1 aromatic rings. The van der Waals surface area contributed by atoms with Crippen LogP contribution in [0, 0.1) is 5.92 Å². The Morgan fingerprint density at radius 2 is 1.81 bits per heavy atom. The number of benzene rings is 1. The molecule has 1 aliphatic carbocycles. The number of rotatable bonds is 5. The van der Waals surface area contributed by atoms with E-state index in [1.54, 1.807) is 0 Å². The number of carbonyl (C=O) groups is 1. The van der Waals surface area contributed by atoms with E-state index in [1.165, 1.54) is 25.9 Å². The van der Waals surface area contributed by atoms with E-state index in [0.717, 1.165) is 36.6 Å². The van der Waals surface area contributed by atoms with Gasteiger partial charge in [-0.25, -0.2) is 0 Å². The summed E-state index contributed by atoms with van der Waals surface area (Å²) in [6, 6.07) is 8.26. The number of nitrogens with one attached hydrogen (secondary N) is 2. The second-order valence-electron chi connectivity index (χ2n) is 6.45. The van der Waals surface area contributed by atoms with Crippen molar-refractivity contribution in [2.75, 3.05) is 32.0 Å². The zero-order valence-electron chi connectivity index (χ0n) is 12.8. The first-order valence-corrected chi connectivity index (χ1v) is 8.04. The lowest BCUT2D eigenvalue weighted by Crippen LogP contribution is -2.32. The highest BCUT2D eigenvalue weighted by atomic mass is 16.1. The topological polar surface area (TPSA) is 44.4 Å². The number of amides is 1. The van der Waals surface area contributed by atoms with Crippen molar-refractivity contribution >= 4 is 11.6 Å². The van der Waals surface area contributed by atoms with Crippen LogP contribution in [-0.4, -0.2) is 43.5 Å². The standard InChI is InChI=1S/C17H25N3O/c1-20-10-8-13(9-11-20)12-18-15-4-2-14(3-5-15)17(21)19-16-6-7-16/h2-5,13,16,18H,6-12H2,1H3,(H,19,21). The first kappa shape index (κ1) is 14.4. The van der Waals surface area contributed by atoms with Crippen molar-refractivity contribution in [2.45, 2.75) is 31.7 Å². The Balaban J connectivity index is 1.46. The fraction of sp³-hybridized carbons (Fsp3) is 0.588. The molecule has 3 rings (SSSR count). The summed E-state index contributed by atoms with van der Waals surface area (Å²) in [4.78, 5) is 14.3. The molecule has 1 aromatic carbocycles. The van der Waals surface area contributed by atoms with Crippen LogP contribution in [-0.2, 0) is 0 Å². The van der Waals surface area contributed by atoms with E-state index < -0.39 is 0 Å². The van der Waals surface area contributed by atoms with Crippen LogP contribution in [0.5, 0.6) is 0 Å². The lowest BCUT2D eigenvalue weighted by atomic mass is 9.97. The number of hydrogen-bond donors (Lipinski definition) is 2. The maximum atomic E-state index is 11.9. The van der Waals surface area contributed by atoms with Crippen LogP contribution in [0.25, 0.3) is 0 Å². The van der Waals surface area contributed by atoms with E-state index in [4.69, 9.17) is 0 Å². The van der Waals surface area contributed by atoms with Gasteiger partial charge < -0.3 is 15.5 Å². The fourth-order valence-corrected chi connectivity index (χ4v) is 2.76. The largest absolute Gasteiger partial charge is 0.385 e. The quantitative estimate of drug-likeness (QED) is 0.873. The van der Waals surface area contributed by atoms with Crippen LogP contribution < -0.4 is 10.6 Å². The molecule has 4 heteroatoms. The maximum absolute atomic E-state index is 11.9. The Labute approximate surface area is 126 Å². The second kappa shape index (κ2) is 6.48. The number of carbonyl (C=O) groups excluding carboxylic acids is 1. The van der Waals surface area contributed by atoms with Gasteiger partial charge in [0.1, 0.15) is 0 Å². The van der Waals surface area contributed by atoms with Crippen molar-refractivity contribution < 1.29 is 4.79 Å². The SMILES string of the molecule is CN1CCC(CNc2ccc(C(=O)NC3CC3)cc2)CC1. The molecule has 2 N–H and O–H groups in total. The Hall–Kier alpha value is -1.55. The molecule has 21 heavy (non-hydrogen) atoms. The number of nitrogens with zero attached hydrogens (tertiary/aromatic N) is 1. The highest BCUT2D eigenvalue weighted by Gasteiger charge is 2.23. The molecule has 1 heterocycles. The zero-order chi connectivity index (χ0) is 14.7. The third-order valence-corrected chi connectivity index (χ3v) is 4.49. The molecular formula is C17H25N3O.